The lowest BCUT2D eigenvalue weighted by atomic mass is 10.1. The van der Waals surface area contributed by atoms with Crippen molar-refractivity contribution >= 4 is 29.9 Å². The Morgan fingerprint density at radius 1 is 1.25 bits per heavy atom. The average Bonchev–Trinajstić information content (AvgIpc) is 2.97. The van der Waals surface area contributed by atoms with Gasteiger partial charge in [-0.3, -0.25) is 9.67 Å². The zero-order valence-corrected chi connectivity index (χ0v) is 16.8. The molecule has 2 rings (SSSR count). The zero-order valence-electron chi connectivity index (χ0n) is 14.5. The second-order valence-corrected chi connectivity index (χ2v) is 5.09. The summed E-state index contributed by atoms with van der Waals surface area (Å²) in [7, 11) is 3.70. The van der Waals surface area contributed by atoms with Crippen LogP contribution in [-0.2, 0) is 20.0 Å². The summed E-state index contributed by atoms with van der Waals surface area (Å²) in [6.07, 6.45) is 2.67. The number of aryl methyl sites for hydroxylation is 1. The number of aromatic nitrogens is 2. The minimum absolute atomic E-state index is 0. The van der Waals surface area contributed by atoms with Gasteiger partial charge in [-0.1, -0.05) is 18.2 Å². The van der Waals surface area contributed by atoms with E-state index in [4.69, 9.17) is 4.74 Å². The number of hydrogen-bond acceptors (Lipinski definition) is 3. The van der Waals surface area contributed by atoms with Gasteiger partial charge in [0.2, 0.25) is 0 Å². The molecule has 132 valence electrons. The second kappa shape index (κ2) is 10.9. The van der Waals surface area contributed by atoms with Crippen LogP contribution in [0.1, 0.15) is 18.2 Å². The van der Waals surface area contributed by atoms with Crippen molar-refractivity contribution in [3.8, 4) is 5.75 Å². The van der Waals surface area contributed by atoms with Gasteiger partial charge in [0.1, 0.15) is 5.75 Å². The molecule has 1 aromatic carbocycles. The second-order valence-electron chi connectivity index (χ2n) is 5.09. The number of rotatable bonds is 7. The van der Waals surface area contributed by atoms with Gasteiger partial charge in [0.15, 0.2) is 5.96 Å². The van der Waals surface area contributed by atoms with Crippen molar-refractivity contribution in [2.24, 2.45) is 12.0 Å². The Kier molecular flexibility index (Phi) is 9.21. The molecule has 0 amide bonds. The van der Waals surface area contributed by atoms with Crippen molar-refractivity contribution < 1.29 is 4.74 Å². The van der Waals surface area contributed by atoms with E-state index in [2.05, 4.69) is 26.8 Å². The highest BCUT2D eigenvalue weighted by Gasteiger charge is 2.04. The van der Waals surface area contributed by atoms with Crippen LogP contribution in [0.25, 0.3) is 0 Å². The molecular weight excluding hydrogens is 417 g/mol. The molecule has 1 aromatic heterocycles. The van der Waals surface area contributed by atoms with Crippen molar-refractivity contribution in [3.63, 3.8) is 0 Å². The molecule has 0 aliphatic rings. The van der Waals surface area contributed by atoms with E-state index in [0.29, 0.717) is 13.2 Å². The number of hydrogen-bond donors (Lipinski definition) is 2. The Labute approximate surface area is 160 Å². The molecule has 1 heterocycles. The zero-order chi connectivity index (χ0) is 16.5. The fourth-order valence-electron chi connectivity index (χ4n) is 2.29. The summed E-state index contributed by atoms with van der Waals surface area (Å²) in [6.45, 7) is 4.15. The number of guanidine groups is 1. The fourth-order valence-corrected chi connectivity index (χ4v) is 2.29. The normalized spacial score (nSPS) is 10.9. The van der Waals surface area contributed by atoms with Crippen molar-refractivity contribution in [1.29, 1.82) is 0 Å². The molecule has 0 bridgehead atoms. The van der Waals surface area contributed by atoms with E-state index in [1.54, 1.807) is 13.2 Å². The molecule has 6 nitrogen and oxygen atoms in total. The highest BCUT2D eigenvalue weighted by atomic mass is 127. The molecule has 2 aromatic rings. The fraction of sp³-hybridized carbons (Fsp3) is 0.412. The average molecular weight is 443 g/mol. The van der Waals surface area contributed by atoms with Crippen LogP contribution in [0.5, 0.6) is 5.75 Å². The van der Waals surface area contributed by atoms with E-state index in [1.165, 1.54) is 5.56 Å². The van der Waals surface area contributed by atoms with E-state index in [1.807, 2.05) is 42.9 Å². The minimum Gasteiger partial charge on any atom is -0.494 e. The van der Waals surface area contributed by atoms with Crippen LogP contribution in [0.15, 0.2) is 41.5 Å². The number of ether oxygens (including phenoxy) is 1. The lowest BCUT2D eigenvalue weighted by molar-refractivity contribution is 0.336. The van der Waals surface area contributed by atoms with E-state index >= 15 is 0 Å². The van der Waals surface area contributed by atoms with E-state index in [-0.39, 0.29) is 24.0 Å². The molecule has 0 radical (unpaired) electrons. The van der Waals surface area contributed by atoms with E-state index < -0.39 is 0 Å². The quantitative estimate of drug-likeness (QED) is 0.392. The van der Waals surface area contributed by atoms with Crippen LogP contribution in [0.3, 0.4) is 0 Å². The van der Waals surface area contributed by atoms with Crippen LogP contribution in [-0.4, -0.2) is 35.9 Å². The molecule has 0 aliphatic heterocycles. The molecule has 2 N–H and O–H groups in total. The number of aliphatic imine (C=N–C) groups is 1. The number of para-hydroxylation sites is 1. The molecule has 24 heavy (non-hydrogen) atoms. The summed E-state index contributed by atoms with van der Waals surface area (Å²) in [5.41, 5.74) is 2.30. The summed E-state index contributed by atoms with van der Waals surface area (Å²) in [4.78, 5) is 4.24. The number of benzene rings is 1. The third-order valence-corrected chi connectivity index (χ3v) is 3.54. The third kappa shape index (κ3) is 6.03. The molecule has 0 spiro atoms. The molecule has 0 saturated carbocycles. The Morgan fingerprint density at radius 2 is 2.04 bits per heavy atom. The SMILES string of the molecule is CCOc1ccccc1CCNC(=NC)NCc1ccnn1C.I. The molecule has 0 unspecified atom stereocenters. The molecule has 0 fully saturated rings. The van der Waals surface area contributed by atoms with Crippen molar-refractivity contribution in [2.45, 2.75) is 19.9 Å². The number of halogens is 1. The first-order valence-corrected chi connectivity index (χ1v) is 7.86. The van der Waals surface area contributed by atoms with Gasteiger partial charge < -0.3 is 15.4 Å². The Bertz CT molecular complexity index is 641. The van der Waals surface area contributed by atoms with Gasteiger partial charge in [0.05, 0.1) is 18.8 Å². The van der Waals surface area contributed by atoms with Crippen LogP contribution in [0.4, 0.5) is 0 Å². The smallest absolute Gasteiger partial charge is 0.191 e. The van der Waals surface area contributed by atoms with Gasteiger partial charge in [0, 0.05) is 26.8 Å². The van der Waals surface area contributed by atoms with Gasteiger partial charge in [-0.15, -0.1) is 24.0 Å². The van der Waals surface area contributed by atoms with Crippen LogP contribution >= 0.6 is 24.0 Å². The van der Waals surface area contributed by atoms with Crippen molar-refractivity contribution in [1.82, 2.24) is 20.4 Å². The third-order valence-electron chi connectivity index (χ3n) is 3.54. The molecule has 0 aliphatic carbocycles. The highest BCUT2D eigenvalue weighted by molar-refractivity contribution is 14.0. The topological polar surface area (TPSA) is 63.5 Å². The monoisotopic (exact) mass is 443 g/mol. The Hall–Kier alpha value is -1.77. The first-order valence-electron chi connectivity index (χ1n) is 7.86. The van der Waals surface area contributed by atoms with Gasteiger partial charge in [-0.2, -0.15) is 5.10 Å². The lowest BCUT2D eigenvalue weighted by Crippen LogP contribution is -2.38. The van der Waals surface area contributed by atoms with Crippen molar-refractivity contribution in [3.05, 3.63) is 47.8 Å². The largest absolute Gasteiger partial charge is 0.494 e. The van der Waals surface area contributed by atoms with Crippen LogP contribution in [0.2, 0.25) is 0 Å². The maximum absolute atomic E-state index is 5.65. The minimum atomic E-state index is 0. The summed E-state index contributed by atoms with van der Waals surface area (Å²) in [5.74, 6) is 1.73. The Morgan fingerprint density at radius 3 is 2.71 bits per heavy atom. The van der Waals surface area contributed by atoms with Gasteiger partial charge in [-0.25, -0.2) is 0 Å². The molecule has 0 atom stereocenters. The standard InChI is InChI=1S/C17H25N5O.HI/c1-4-23-16-8-6-5-7-14(16)9-11-19-17(18-2)20-13-15-10-12-21-22(15)3;/h5-8,10,12H,4,9,11,13H2,1-3H3,(H2,18,19,20);1H. The summed E-state index contributed by atoms with van der Waals surface area (Å²) >= 11 is 0. The predicted molar refractivity (Wildman–Crippen MR) is 108 cm³/mol. The van der Waals surface area contributed by atoms with Crippen LogP contribution < -0.4 is 15.4 Å². The number of nitrogens with one attached hydrogen (secondary N) is 2. The maximum atomic E-state index is 5.65. The Balaban J connectivity index is 0.00000288. The predicted octanol–water partition coefficient (Wildman–Crippen LogP) is 2.34. The molecule has 7 heteroatoms. The van der Waals surface area contributed by atoms with E-state index in [0.717, 1.165) is 30.4 Å². The summed E-state index contributed by atoms with van der Waals surface area (Å²) in [6, 6.07) is 10.1. The van der Waals surface area contributed by atoms with E-state index in [9.17, 15) is 0 Å². The summed E-state index contributed by atoms with van der Waals surface area (Å²) < 4.78 is 7.49. The number of nitrogens with zero attached hydrogens (tertiary/aromatic N) is 3. The van der Waals surface area contributed by atoms with Gasteiger partial charge >= 0.3 is 0 Å². The maximum Gasteiger partial charge on any atom is 0.191 e. The highest BCUT2D eigenvalue weighted by Crippen LogP contribution is 2.17. The molecule has 0 saturated heterocycles. The lowest BCUT2D eigenvalue weighted by Gasteiger charge is -2.13. The van der Waals surface area contributed by atoms with Gasteiger partial charge in [-0.05, 0) is 31.0 Å². The first kappa shape index (κ1) is 20.3. The van der Waals surface area contributed by atoms with Crippen LogP contribution in [0, 0.1) is 0 Å². The first-order chi connectivity index (χ1) is 11.2. The van der Waals surface area contributed by atoms with Crippen molar-refractivity contribution in [2.75, 3.05) is 20.2 Å². The molecular formula is C17H26IN5O. The van der Waals surface area contributed by atoms with Gasteiger partial charge in [0.25, 0.3) is 0 Å². The summed E-state index contributed by atoms with van der Waals surface area (Å²) in [5, 5.41) is 10.8.